The predicted octanol–water partition coefficient (Wildman–Crippen LogP) is 20.3. The van der Waals surface area contributed by atoms with Crippen LogP contribution in [0.4, 0.5) is 22.7 Å². The lowest BCUT2D eigenvalue weighted by atomic mass is 9.90. The van der Waals surface area contributed by atoms with Gasteiger partial charge in [0.2, 0.25) is 0 Å². The minimum atomic E-state index is -0.0895. The second kappa shape index (κ2) is 19.5. The number of fused-ring (bicyclic) bond motifs is 7. The van der Waals surface area contributed by atoms with Crippen LogP contribution in [0.5, 0.6) is 5.75 Å². The molecule has 5 heteroatoms. The first kappa shape index (κ1) is 48.1. The fourth-order valence-corrected chi connectivity index (χ4v) is 11.8. The molecule has 0 radical (unpaired) electrons. The highest BCUT2D eigenvalue weighted by Crippen LogP contribution is 2.51. The Morgan fingerprint density at radius 3 is 1.65 bits per heavy atom. The van der Waals surface area contributed by atoms with Crippen molar-refractivity contribution in [2.24, 2.45) is 0 Å². The fraction of sp³-hybridized carbons (Fsp3) is 0.0959. The zero-order chi connectivity index (χ0) is 53.2. The minimum absolute atomic E-state index is 0.0895. The van der Waals surface area contributed by atoms with E-state index >= 15 is 0 Å². The summed E-state index contributed by atoms with van der Waals surface area (Å²) in [5, 5.41) is 18.6. The van der Waals surface area contributed by atoms with E-state index in [9.17, 15) is 5.11 Å². The first-order valence-corrected chi connectivity index (χ1v) is 26.8. The smallest absolute Gasteiger partial charge is 0.159 e. The highest BCUT2D eigenvalue weighted by Gasteiger charge is 2.32. The summed E-state index contributed by atoms with van der Waals surface area (Å²) in [5.41, 5.74) is 20.2. The van der Waals surface area contributed by atoms with Crippen molar-refractivity contribution in [2.75, 3.05) is 9.80 Å². The molecule has 0 saturated carbocycles. The molecular formula is C73H58N2O3. The number of para-hydroxylation sites is 4. The Balaban J connectivity index is 1.06. The van der Waals surface area contributed by atoms with Crippen LogP contribution in [0.2, 0.25) is 0 Å². The summed E-state index contributed by atoms with van der Waals surface area (Å²) in [7, 11) is 0. The summed E-state index contributed by atoms with van der Waals surface area (Å²) >= 11 is 0. The van der Waals surface area contributed by atoms with Crippen molar-refractivity contribution in [1.82, 2.24) is 0 Å². The van der Waals surface area contributed by atoms with Crippen LogP contribution in [0, 0.1) is 20.8 Å². The lowest BCUT2D eigenvalue weighted by molar-refractivity contribution is 0.480. The van der Waals surface area contributed by atoms with Gasteiger partial charge in [-0.15, -0.1) is 0 Å². The number of aryl methyl sites for hydroxylation is 3. The van der Waals surface area contributed by atoms with Gasteiger partial charge in [0.05, 0.1) is 23.1 Å². The van der Waals surface area contributed by atoms with Crippen molar-refractivity contribution in [3.05, 3.63) is 270 Å². The molecule has 2 heterocycles. The van der Waals surface area contributed by atoms with E-state index in [1.807, 2.05) is 30.3 Å². The molecule has 78 heavy (non-hydrogen) atoms. The number of furan rings is 2. The van der Waals surface area contributed by atoms with Gasteiger partial charge in [-0.25, -0.2) is 0 Å². The van der Waals surface area contributed by atoms with Crippen LogP contribution >= 0.6 is 0 Å². The summed E-state index contributed by atoms with van der Waals surface area (Å²) in [4.78, 5) is 4.79. The molecule has 12 aromatic rings. The zero-order valence-electron chi connectivity index (χ0n) is 44.5. The van der Waals surface area contributed by atoms with Gasteiger partial charge in [0.15, 0.2) is 11.2 Å². The molecule has 1 N–H and O–H groups in total. The Bertz CT molecular complexity index is 4460. The number of aromatic hydroxyl groups is 1. The quantitative estimate of drug-likeness (QED) is 0.131. The van der Waals surface area contributed by atoms with Crippen LogP contribution in [0.1, 0.15) is 48.1 Å². The fourth-order valence-electron chi connectivity index (χ4n) is 11.8. The lowest BCUT2D eigenvalue weighted by Gasteiger charge is -2.38. The van der Waals surface area contributed by atoms with Crippen LogP contribution in [0.25, 0.3) is 88.2 Å². The normalized spacial score (nSPS) is 13.9. The molecule has 5 nitrogen and oxygen atoms in total. The van der Waals surface area contributed by atoms with Crippen molar-refractivity contribution >= 4 is 88.7 Å². The molecule has 13 rings (SSSR count). The summed E-state index contributed by atoms with van der Waals surface area (Å²) in [6.07, 6.45) is 7.46. The first-order chi connectivity index (χ1) is 38.1. The molecule has 0 aliphatic heterocycles. The minimum Gasteiger partial charge on any atom is -0.507 e. The van der Waals surface area contributed by atoms with Crippen molar-refractivity contribution in [1.29, 1.82) is 0 Å². The highest BCUT2D eigenvalue weighted by atomic mass is 16.3. The third-order valence-corrected chi connectivity index (χ3v) is 15.8. The van der Waals surface area contributed by atoms with Gasteiger partial charge in [0.25, 0.3) is 0 Å². The second-order valence-electron chi connectivity index (χ2n) is 21.0. The lowest BCUT2D eigenvalue weighted by Crippen LogP contribution is -2.36. The molecule has 0 spiro atoms. The highest BCUT2D eigenvalue weighted by molar-refractivity contribution is 6.16. The monoisotopic (exact) mass is 1010 g/mol. The van der Waals surface area contributed by atoms with Crippen LogP contribution in [0.15, 0.2) is 251 Å². The Kier molecular flexibility index (Phi) is 12.0. The number of hydrogen-bond donors (Lipinski definition) is 1. The van der Waals surface area contributed by atoms with Crippen LogP contribution in [-0.4, -0.2) is 11.1 Å². The number of rotatable bonds is 11. The molecule has 10 aromatic carbocycles. The second-order valence-corrected chi connectivity index (χ2v) is 21.0. The SMILES string of the molecule is C=C(/C=C(\c1ccccc1C)N(c1cccc2c1oc1c(-c3ccccc3)cccc12)C1CC(C)=CC=C1C)c1cc(N(c2cc(C)ccc2C)c2cccc3c2oc2c(-c4ccccc4)cccc23)c2ccccc2c1O. The van der Waals surface area contributed by atoms with Gasteiger partial charge in [0, 0.05) is 66.0 Å². The third-order valence-electron chi connectivity index (χ3n) is 15.8. The molecule has 1 unspecified atom stereocenters. The topological polar surface area (TPSA) is 53.0 Å². The van der Waals surface area contributed by atoms with Crippen molar-refractivity contribution < 1.29 is 13.9 Å². The van der Waals surface area contributed by atoms with E-state index in [2.05, 4.69) is 239 Å². The third kappa shape index (κ3) is 8.18. The van der Waals surface area contributed by atoms with Crippen LogP contribution < -0.4 is 9.80 Å². The maximum Gasteiger partial charge on any atom is 0.159 e. The summed E-state index contributed by atoms with van der Waals surface area (Å²) in [6.45, 7) is 15.8. The number of anilines is 4. The molecule has 0 fully saturated rings. The Morgan fingerprint density at radius 1 is 0.474 bits per heavy atom. The molecule has 1 aliphatic carbocycles. The van der Waals surface area contributed by atoms with Gasteiger partial charge in [-0.05, 0) is 105 Å². The standard InChI is InChI=1S/C73H58N2O3/c1-45-37-39-48(4)65(41-45)74(63-35-19-33-60-58-31-17-29-54(70(58)77-72(60)63)51-22-9-7-10-23-51)67(53-26-14-13-21-47(53)3)43-50(6)62-44-68(56-27-15-16-28-57(56)69(62)76)75(66-42-46(2)38-40-49(66)5)64-36-20-34-61-59-32-18-30-55(71(59)78-73(61)64)52-24-11-8-12-25-52/h7-40,42-44,65,76H,6,41H2,1-5H3/b67-43+. The molecule has 378 valence electrons. The van der Waals surface area contributed by atoms with E-state index in [1.165, 1.54) is 11.1 Å². The van der Waals surface area contributed by atoms with Gasteiger partial charge in [0.1, 0.15) is 16.9 Å². The maximum absolute atomic E-state index is 12.9. The van der Waals surface area contributed by atoms with Crippen LogP contribution in [-0.2, 0) is 0 Å². The van der Waals surface area contributed by atoms with Gasteiger partial charge in [-0.2, -0.15) is 0 Å². The van der Waals surface area contributed by atoms with Crippen molar-refractivity contribution in [2.45, 2.75) is 47.1 Å². The van der Waals surface area contributed by atoms with E-state index < -0.39 is 0 Å². The Morgan fingerprint density at radius 2 is 1.01 bits per heavy atom. The van der Waals surface area contributed by atoms with E-state index in [1.54, 1.807) is 0 Å². The molecule has 0 bridgehead atoms. The van der Waals surface area contributed by atoms with E-state index in [-0.39, 0.29) is 11.8 Å². The zero-order valence-corrected chi connectivity index (χ0v) is 44.5. The van der Waals surface area contributed by atoms with Gasteiger partial charge < -0.3 is 23.7 Å². The largest absolute Gasteiger partial charge is 0.507 e. The summed E-state index contributed by atoms with van der Waals surface area (Å²) in [5.74, 6) is 0.155. The number of allylic oxidation sites excluding steroid dienone is 4. The first-order valence-electron chi connectivity index (χ1n) is 26.8. The number of phenols is 1. The molecule has 1 atom stereocenters. The average molecular weight is 1010 g/mol. The van der Waals surface area contributed by atoms with Crippen molar-refractivity contribution in [3.63, 3.8) is 0 Å². The summed E-state index contributed by atoms with van der Waals surface area (Å²) in [6, 6.07) is 72.0. The Labute approximate surface area is 455 Å². The van der Waals surface area contributed by atoms with Gasteiger partial charge in [-0.1, -0.05) is 212 Å². The van der Waals surface area contributed by atoms with E-state index in [0.29, 0.717) is 16.5 Å². The van der Waals surface area contributed by atoms with Crippen molar-refractivity contribution in [3.8, 4) is 28.0 Å². The van der Waals surface area contributed by atoms with E-state index in [0.717, 1.165) is 129 Å². The van der Waals surface area contributed by atoms with Gasteiger partial charge >= 0.3 is 0 Å². The number of benzene rings is 10. The molecular weight excluding hydrogens is 953 g/mol. The molecule has 0 amide bonds. The maximum atomic E-state index is 12.9. The van der Waals surface area contributed by atoms with E-state index in [4.69, 9.17) is 15.4 Å². The average Bonchev–Trinajstić information content (AvgIpc) is 4.08. The number of hydrogen-bond acceptors (Lipinski definition) is 5. The molecule has 0 saturated heterocycles. The molecule has 2 aromatic heterocycles. The predicted molar refractivity (Wildman–Crippen MR) is 328 cm³/mol. The summed E-state index contributed by atoms with van der Waals surface area (Å²) < 4.78 is 14.4. The Hall–Kier alpha value is -9.58. The molecule has 1 aliphatic rings. The number of phenolic OH excluding ortho intramolecular Hbond substituents is 1. The van der Waals surface area contributed by atoms with Crippen LogP contribution in [0.3, 0.4) is 0 Å². The van der Waals surface area contributed by atoms with Gasteiger partial charge in [-0.3, -0.25) is 0 Å². The number of nitrogens with zero attached hydrogens (tertiary/aromatic N) is 2.